The summed E-state index contributed by atoms with van der Waals surface area (Å²) in [6.07, 6.45) is 0. The van der Waals surface area contributed by atoms with Gasteiger partial charge in [0.15, 0.2) is 0 Å². The maximum atomic E-state index is 12.3. The minimum Gasteiger partial charge on any atom is -0.308 e. The summed E-state index contributed by atoms with van der Waals surface area (Å²) in [5, 5.41) is 11.2. The number of nitrogens with one attached hydrogen (secondary N) is 4. The van der Waals surface area contributed by atoms with Crippen LogP contribution in [0.15, 0.2) is 60.7 Å². The van der Waals surface area contributed by atoms with Crippen LogP contribution < -0.4 is 21.3 Å². The Morgan fingerprint density at radius 3 is 1.20 bits per heavy atom. The van der Waals surface area contributed by atoms with E-state index in [1.807, 2.05) is 64.1 Å². The Morgan fingerprint density at radius 2 is 0.833 bits per heavy atom. The molecule has 0 saturated carbocycles. The third kappa shape index (κ3) is 6.10. The van der Waals surface area contributed by atoms with Gasteiger partial charge in [0.05, 0.1) is 0 Å². The summed E-state index contributed by atoms with van der Waals surface area (Å²) in [4.78, 5) is 24.6. The molecule has 0 atom stereocenters. The molecule has 0 aliphatic heterocycles. The molecule has 3 aromatic rings. The topological polar surface area (TPSA) is 82.3 Å². The lowest BCUT2D eigenvalue weighted by atomic mass is 10.1. The highest BCUT2D eigenvalue weighted by molar-refractivity contribution is 6.02. The summed E-state index contributed by atoms with van der Waals surface area (Å²) in [5.74, 6) is 0. The van der Waals surface area contributed by atoms with E-state index < -0.39 is 0 Å². The average molecular weight is 402 g/mol. The molecule has 0 spiro atoms. The summed E-state index contributed by atoms with van der Waals surface area (Å²) in [7, 11) is 0. The van der Waals surface area contributed by atoms with Crippen LogP contribution in [0, 0.1) is 27.7 Å². The first-order chi connectivity index (χ1) is 14.3. The number of urea groups is 2. The Hall–Kier alpha value is -3.80. The fourth-order valence-corrected chi connectivity index (χ4v) is 3.36. The van der Waals surface area contributed by atoms with Crippen molar-refractivity contribution in [3.63, 3.8) is 0 Å². The van der Waals surface area contributed by atoms with Crippen molar-refractivity contribution >= 4 is 34.8 Å². The number of carbonyl (C=O) groups excluding carboxylic acids is 2. The van der Waals surface area contributed by atoms with E-state index in [1.165, 1.54) is 0 Å². The standard InChI is InChI=1S/C24H26N4O2/c1-15-8-16(2)11-21(10-15)27-23(29)25-19-6-5-7-20(14-19)26-24(30)28-22-12-17(3)9-18(4)13-22/h5-14H,1-4H3,(H2,25,27,29)(H2,26,28,30). The number of aryl methyl sites for hydroxylation is 4. The zero-order valence-corrected chi connectivity index (χ0v) is 17.6. The summed E-state index contributed by atoms with van der Waals surface area (Å²) in [5.41, 5.74) is 6.90. The van der Waals surface area contributed by atoms with Crippen molar-refractivity contribution in [1.82, 2.24) is 0 Å². The molecule has 0 saturated heterocycles. The van der Waals surface area contributed by atoms with Gasteiger partial charge in [-0.25, -0.2) is 9.59 Å². The maximum absolute atomic E-state index is 12.3. The van der Waals surface area contributed by atoms with Crippen LogP contribution in [0.25, 0.3) is 0 Å². The van der Waals surface area contributed by atoms with Crippen molar-refractivity contribution in [3.05, 3.63) is 82.9 Å². The first kappa shape index (κ1) is 20.9. The van der Waals surface area contributed by atoms with E-state index in [0.717, 1.165) is 33.6 Å². The van der Waals surface area contributed by atoms with Crippen molar-refractivity contribution in [1.29, 1.82) is 0 Å². The van der Waals surface area contributed by atoms with Gasteiger partial charge in [-0.1, -0.05) is 18.2 Å². The Bertz CT molecular complexity index is 969. The molecule has 0 heterocycles. The summed E-state index contributed by atoms with van der Waals surface area (Å²) in [6, 6.07) is 18.0. The van der Waals surface area contributed by atoms with E-state index in [2.05, 4.69) is 21.3 Å². The Kier molecular flexibility index (Phi) is 6.37. The Labute approximate surface area is 176 Å². The fourth-order valence-electron chi connectivity index (χ4n) is 3.36. The zero-order valence-electron chi connectivity index (χ0n) is 17.6. The van der Waals surface area contributed by atoms with Gasteiger partial charge in [-0.15, -0.1) is 0 Å². The minimum atomic E-state index is -0.350. The molecule has 0 aliphatic carbocycles. The van der Waals surface area contributed by atoms with Crippen molar-refractivity contribution < 1.29 is 9.59 Å². The van der Waals surface area contributed by atoms with Crippen molar-refractivity contribution in [2.45, 2.75) is 27.7 Å². The Morgan fingerprint density at radius 1 is 0.500 bits per heavy atom. The van der Waals surface area contributed by atoms with Gasteiger partial charge in [0.1, 0.15) is 0 Å². The number of amides is 4. The summed E-state index contributed by atoms with van der Waals surface area (Å²) in [6.45, 7) is 7.92. The largest absolute Gasteiger partial charge is 0.323 e. The molecule has 0 aliphatic rings. The number of anilines is 4. The van der Waals surface area contributed by atoms with E-state index in [1.54, 1.807) is 24.3 Å². The van der Waals surface area contributed by atoms with E-state index in [9.17, 15) is 9.59 Å². The van der Waals surface area contributed by atoms with Gasteiger partial charge in [0.25, 0.3) is 0 Å². The van der Waals surface area contributed by atoms with Crippen molar-refractivity contribution in [2.75, 3.05) is 21.3 Å². The van der Waals surface area contributed by atoms with E-state index >= 15 is 0 Å². The van der Waals surface area contributed by atoms with Crippen molar-refractivity contribution in [2.24, 2.45) is 0 Å². The third-order valence-corrected chi connectivity index (χ3v) is 4.34. The van der Waals surface area contributed by atoms with Gasteiger partial charge in [-0.3, -0.25) is 0 Å². The number of hydrogen-bond donors (Lipinski definition) is 4. The second kappa shape index (κ2) is 9.13. The van der Waals surface area contributed by atoms with Gasteiger partial charge < -0.3 is 21.3 Å². The van der Waals surface area contributed by atoms with Crippen LogP contribution in [0.3, 0.4) is 0 Å². The molecule has 0 radical (unpaired) electrons. The normalized spacial score (nSPS) is 10.3. The van der Waals surface area contributed by atoms with Gasteiger partial charge in [-0.05, 0) is 92.4 Å². The number of benzene rings is 3. The molecule has 154 valence electrons. The van der Waals surface area contributed by atoms with E-state index in [-0.39, 0.29) is 12.1 Å². The summed E-state index contributed by atoms with van der Waals surface area (Å²) >= 11 is 0. The lowest BCUT2D eigenvalue weighted by Gasteiger charge is -2.12. The highest BCUT2D eigenvalue weighted by Gasteiger charge is 2.07. The smallest absolute Gasteiger partial charge is 0.308 e. The third-order valence-electron chi connectivity index (χ3n) is 4.34. The molecular weight excluding hydrogens is 376 g/mol. The van der Waals surface area contributed by atoms with Crippen LogP contribution in [0.2, 0.25) is 0 Å². The molecule has 0 aromatic heterocycles. The molecule has 6 nitrogen and oxygen atoms in total. The minimum absolute atomic E-state index is 0.350. The Balaban J connectivity index is 1.61. The van der Waals surface area contributed by atoms with Crippen LogP contribution in [0.1, 0.15) is 22.3 Å². The van der Waals surface area contributed by atoms with Gasteiger partial charge in [0.2, 0.25) is 0 Å². The second-order valence-electron chi connectivity index (χ2n) is 7.49. The number of rotatable bonds is 4. The quantitative estimate of drug-likeness (QED) is 0.418. The first-order valence-electron chi connectivity index (χ1n) is 9.69. The maximum Gasteiger partial charge on any atom is 0.323 e. The lowest BCUT2D eigenvalue weighted by molar-refractivity contribution is 0.261. The van der Waals surface area contributed by atoms with Gasteiger partial charge in [0, 0.05) is 22.7 Å². The molecule has 6 heteroatoms. The predicted molar refractivity (Wildman–Crippen MR) is 124 cm³/mol. The molecule has 0 unspecified atom stereocenters. The molecule has 3 rings (SSSR count). The lowest BCUT2D eigenvalue weighted by Crippen LogP contribution is -2.21. The molecule has 0 bridgehead atoms. The molecule has 4 amide bonds. The van der Waals surface area contributed by atoms with Crippen LogP contribution >= 0.6 is 0 Å². The molecular formula is C24H26N4O2. The van der Waals surface area contributed by atoms with Crippen LogP contribution in [0.4, 0.5) is 32.3 Å². The summed E-state index contributed by atoms with van der Waals surface area (Å²) < 4.78 is 0. The van der Waals surface area contributed by atoms with Crippen LogP contribution in [-0.4, -0.2) is 12.1 Å². The zero-order chi connectivity index (χ0) is 21.7. The SMILES string of the molecule is Cc1cc(C)cc(NC(=O)Nc2cccc(NC(=O)Nc3cc(C)cc(C)c3)c2)c1. The first-order valence-corrected chi connectivity index (χ1v) is 9.69. The fraction of sp³-hybridized carbons (Fsp3) is 0.167. The number of hydrogen-bond acceptors (Lipinski definition) is 2. The average Bonchev–Trinajstić information content (AvgIpc) is 2.59. The predicted octanol–water partition coefficient (Wildman–Crippen LogP) is 6.21. The van der Waals surface area contributed by atoms with Crippen LogP contribution in [0.5, 0.6) is 0 Å². The highest BCUT2D eigenvalue weighted by Crippen LogP contribution is 2.18. The monoisotopic (exact) mass is 402 g/mol. The molecule has 30 heavy (non-hydrogen) atoms. The van der Waals surface area contributed by atoms with E-state index in [0.29, 0.717) is 11.4 Å². The van der Waals surface area contributed by atoms with Crippen LogP contribution in [-0.2, 0) is 0 Å². The molecule has 4 N–H and O–H groups in total. The number of carbonyl (C=O) groups is 2. The molecule has 0 fully saturated rings. The van der Waals surface area contributed by atoms with Gasteiger partial charge >= 0.3 is 12.1 Å². The van der Waals surface area contributed by atoms with Crippen molar-refractivity contribution in [3.8, 4) is 0 Å². The highest BCUT2D eigenvalue weighted by atomic mass is 16.2. The molecule has 3 aromatic carbocycles. The second-order valence-corrected chi connectivity index (χ2v) is 7.49. The van der Waals surface area contributed by atoms with E-state index in [4.69, 9.17) is 0 Å². The van der Waals surface area contributed by atoms with Gasteiger partial charge in [-0.2, -0.15) is 0 Å².